The van der Waals surface area contributed by atoms with Gasteiger partial charge in [-0.1, -0.05) is 36.4 Å². The van der Waals surface area contributed by atoms with Crippen molar-refractivity contribution in [2.75, 3.05) is 29.1 Å². The highest BCUT2D eigenvalue weighted by molar-refractivity contribution is 5.94. The number of anilines is 3. The van der Waals surface area contributed by atoms with Crippen LogP contribution in [0.15, 0.2) is 78.9 Å². The predicted molar refractivity (Wildman–Crippen MR) is 125 cm³/mol. The molecule has 0 aliphatic rings. The quantitative estimate of drug-likeness (QED) is 0.446. The van der Waals surface area contributed by atoms with E-state index in [-0.39, 0.29) is 18.4 Å². The monoisotopic (exact) mass is 417 g/mol. The largest absolute Gasteiger partial charge is 0.494 e. The van der Waals surface area contributed by atoms with Crippen LogP contribution < -0.4 is 20.7 Å². The Morgan fingerprint density at radius 1 is 0.774 bits per heavy atom. The molecule has 3 aromatic carbocycles. The Morgan fingerprint density at radius 3 is 2.13 bits per heavy atom. The van der Waals surface area contributed by atoms with Gasteiger partial charge < -0.3 is 20.7 Å². The minimum absolute atomic E-state index is 0.0425. The first kappa shape index (κ1) is 21.9. The first-order chi connectivity index (χ1) is 15.1. The lowest BCUT2D eigenvalue weighted by Gasteiger charge is -2.10. The summed E-state index contributed by atoms with van der Waals surface area (Å²) in [6.45, 7) is 2.65. The average Bonchev–Trinajstić information content (AvgIpc) is 2.79. The van der Waals surface area contributed by atoms with Crippen molar-refractivity contribution in [1.82, 2.24) is 0 Å². The van der Waals surface area contributed by atoms with Crippen LogP contribution in [-0.4, -0.2) is 25.0 Å². The molecule has 6 heteroatoms. The van der Waals surface area contributed by atoms with Gasteiger partial charge in [0.1, 0.15) is 5.75 Å². The van der Waals surface area contributed by atoms with E-state index in [0.717, 1.165) is 17.0 Å². The van der Waals surface area contributed by atoms with Gasteiger partial charge in [-0.05, 0) is 55.3 Å². The number of hydrogen-bond acceptors (Lipinski definition) is 4. The molecule has 0 spiro atoms. The molecule has 0 saturated carbocycles. The highest BCUT2D eigenvalue weighted by atomic mass is 16.5. The Kier molecular flexibility index (Phi) is 8.05. The fraction of sp³-hybridized carbons (Fsp3) is 0.200. The van der Waals surface area contributed by atoms with Gasteiger partial charge >= 0.3 is 0 Å². The number of aryl methyl sites for hydroxylation is 1. The number of rotatable bonds is 10. The fourth-order valence-corrected chi connectivity index (χ4v) is 3.01. The Balaban J connectivity index is 1.42. The van der Waals surface area contributed by atoms with E-state index >= 15 is 0 Å². The van der Waals surface area contributed by atoms with E-state index in [0.29, 0.717) is 30.8 Å². The van der Waals surface area contributed by atoms with Crippen molar-refractivity contribution in [3.05, 3.63) is 84.4 Å². The van der Waals surface area contributed by atoms with Gasteiger partial charge in [0, 0.05) is 29.5 Å². The zero-order valence-electron chi connectivity index (χ0n) is 17.6. The van der Waals surface area contributed by atoms with E-state index in [1.54, 1.807) is 24.3 Å². The van der Waals surface area contributed by atoms with Gasteiger partial charge in [0.2, 0.25) is 11.8 Å². The van der Waals surface area contributed by atoms with Crippen LogP contribution in [0.2, 0.25) is 0 Å². The van der Waals surface area contributed by atoms with Crippen molar-refractivity contribution in [3.63, 3.8) is 0 Å². The van der Waals surface area contributed by atoms with Gasteiger partial charge in [-0.25, -0.2) is 0 Å². The third-order valence-electron chi connectivity index (χ3n) is 4.53. The van der Waals surface area contributed by atoms with E-state index in [1.165, 1.54) is 0 Å². The molecule has 2 amide bonds. The number of hydrogen-bond donors (Lipinski definition) is 3. The maximum Gasteiger partial charge on any atom is 0.243 e. The van der Waals surface area contributed by atoms with E-state index in [2.05, 4.69) is 16.0 Å². The lowest BCUT2D eigenvalue weighted by atomic mass is 10.1. The van der Waals surface area contributed by atoms with Crippen LogP contribution in [0.5, 0.6) is 5.75 Å². The summed E-state index contributed by atoms with van der Waals surface area (Å²) < 4.78 is 5.45. The van der Waals surface area contributed by atoms with Gasteiger partial charge in [0.05, 0.1) is 13.2 Å². The zero-order valence-corrected chi connectivity index (χ0v) is 17.6. The molecule has 3 N–H and O–H groups in total. The molecule has 3 rings (SSSR count). The summed E-state index contributed by atoms with van der Waals surface area (Å²) in [4.78, 5) is 24.3. The van der Waals surface area contributed by atoms with Crippen LogP contribution in [0.3, 0.4) is 0 Å². The molecular weight excluding hydrogens is 390 g/mol. The highest BCUT2D eigenvalue weighted by Crippen LogP contribution is 2.17. The van der Waals surface area contributed by atoms with Crippen molar-refractivity contribution in [2.24, 2.45) is 0 Å². The van der Waals surface area contributed by atoms with Crippen molar-refractivity contribution < 1.29 is 14.3 Å². The Bertz CT molecular complexity index is 988. The fourth-order valence-electron chi connectivity index (χ4n) is 3.01. The zero-order chi connectivity index (χ0) is 21.9. The van der Waals surface area contributed by atoms with Gasteiger partial charge in [-0.15, -0.1) is 0 Å². The Labute approximate surface area is 182 Å². The summed E-state index contributed by atoms with van der Waals surface area (Å²) in [7, 11) is 0. The first-order valence-electron chi connectivity index (χ1n) is 10.3. The lowest BCUT2D eigenvalue weighted by molar-refractivity contribution is -0.116. The second-order valence-electron chi connectivity index (χ2n) is 6.97. The normalized spacial score (nSPS) is 10.2. The molecule has 3 aromatic rings. The molecule has 0 aliphatic carbocycles. The second kappa shape index (κ2) is 11.4. The van der Waals surface area contributed by atoms with Crippen molar-refractivity contribution >= 4 is 28.9 Å². The molecule has 0 saturated heterocycles. The van der Waals surface area contributed by atoms with Crippen LogP contribution in [0.1, 0.15) is 18.9 Å². The smallest absolute Gasteiger partial charge is 0.243 e. The standard InChI is InChI=1S/C25H27N3O3/c1-2-31-23-10-6-9-22(17-23)26-18-25(30)28-21-14-12-20(13-15-21)27-24(29)16-11-19-7-4-3-5-8-19/h3-10,12-15,17,26H,2,11,16,18H2,1H3,(H,27,29)(H,28,30). The van der Waals surface area contributed by atoms with E-state index < -0.39 is 0 Å². The van der Waals surface area contributed by atoms with Crippen LogP contribution in [-0.2, 0) is 16.0 Å². The number of nitrogens with one attached hydrogen (secondary N) is 3. The Morgan fingerprint density at radius 2 is 1.45 bits per heavy atom. The summed E-state index contributed by atoms with van der Waals surface area (Å²) in [6.07, 6.45) is 1.11. The summed E-state index contributed by atoms with van der Waals surface area (Å²) in [5.41, 5.74) is 3.31. The molecule has 0 unspecified atom stereocenters. The van der Waals surface area contributed by atoms with E-state index in [1.807, 2.05) is 61.5 Å². The van der Waals surface area contributed by atoms with E-state index in [9.17, 15) is 9.59 Å². The van der Waals surface area contributed by atoms with Crippen LogP contribution in [0, 0.1) is 0 Å². The molecular formula is C25H27N3O3. The number of ether oxygens (including phenoxy) is 1. The predicted octanol–water partition coefficient (Wildman–Crippen LogP) is 4.71. The van der Waals surface area contributed by atoms with Crippen molar-refractivity contribution in [2.45, 2.75) is 19.8 Å². The van der Waals surface area contributed by atoms with Crippen LogP contribution in [0.4, 0.5) is 17.1 Å². The molecule has 0 heterocycles. The van der Waals surface area contributed by atoms with Gasteiger partial charge in [-0.2, -0.15) is 0 Å². The van der Waals surface area contributed by atoms with Gasteiger partial charge in [0.15, 0.2) is 0 Å². The molecule has 31 heavy (non-hydrogen) atoms. The summed E-state index contributed by atoms with van der Waals surface area (Å²) >= 11 is 0. The topological polar surface area (TPSA) is 79.5 Å². The molecule has 0 aliphatic heterocycles. The van der Waals surface area contributed by atoms with E-state index in [4.69, 9.17) is 4.74 Å². The average molecular weight is 418 g/mol. The third kappa shape index (κ3) is 7.51. The lowest BCUT2D eigenvalue weighted by Crippen LogP contribution is -2.21. The molecule has 0 bridgehead atoms. The molecule has 6 nitrogen and oxygen atoms in total. The van der Waals surface area contributed by atoms with Crippen molar-refractivity contribution in [3.8, 4) is 5.75 Å². The maximum atomic E-state index is 12.2. The summed E-state index contributed by atoms with van der Waals surface area (Å²) in [5.74, 6) is 0.551. The third-order valence-corrected chi connectivity index (χ3v) is 4.53. The number of carbonyl (C=O) groups excluding carboxylic acids is 2. The van der Waals surface area contributed by atoms with Gasteiger partial charge in [-0.3, -0.25) is 9.59 Å². The molecule has 0 atom stereocenters. The summed E-state index contributed by atoms with van der Waals surface area (Å²) in [6, 6.07) is 24.5. The minimum atomic E-state index is -0.165. The minimum Gasteiger partial charge on any atom is -0.494 e. The number of amides is 2. The number of benzene rings is 3. The SMILES string of the molecule is CCOc1cccc(NCC(=O)Nc2ccc(NC(=O)CCc3ccccc3)cc2)c1. The summed E-state index contributed by atoms with van der Waals surface area (Å²) in [5, 5.41) is 8.79. The molecule has 0 aromatic heterocycles. The molecule has 0 fully saturated rings. The molecule has 160 valence electrons. The van der Waals surface area contributed by atoms with Crippen molar-refractivity contribution in [1.29, 1.82) is 0 Å². The van der Waals surface area contributed by atoms with Crippen LogP contribution in [0.25, 0.3) is 0 Å². The molecule has 0 radical (unpaired) electrons. The maximum absolute atomic E-state index is 12.2. The first-order valence-corrected chi connectivity index (χ1v) is 10.3. The van der Waals surface area contributed by atoms with Gasteiger partial charge in [0.25, 0.3) is 0 Å². The Hall–Kier alpha value is -3.80. The number of carbonyl (C=O) groups is 2. The second-order valence-corrected chi connectivity index (χ2v) is 6.97. The highest BCUT2D eigenvalue weighted by Gasteiger charge is 2.06. The van der Waals surface area contributed by atoms with Crippen LogP contribution >= 0.6 is 0 Å².